The third-order valence-electron chi connectivity index (χ3n) is 5.31. The van der Waals surface area contributed by atoms with Crippen molar-refractivity contribution in [2.24, 2.45) is 0 Å². The molecule has 0 radical (unpaired) electrons. The molecule has 0 aromatic heterocycles. The molecule has 1 heterocycles. The molecule has 1 atom stereocenters. The van der Waals surface area contributed by atoms with Gasteiger partial charge in [0.15, 0.2) is 0 Å². The smallest absolute Gasteiger partial charge is 0.304 e. The number of nitrogens with zero attached hydrogens (tertiary/aromatic N) is 1. The van der Waals surface area contributed by atoms with Crippen molar-refractivity contribution in [1.82, 2.24) is 0 Å². The minimum absolute atomic E-state index is 0.0401. The number of amides is 1. The molecule has 1 aliphatic heterocycles. The van der Waals surface area contributed by atoms with Crippen molar-refractivity contribution in [2.75, 3.05) is 11.4 Å². The number of carboxylic acids is 1. The van der Waals surface area contributed by atoms with E-state index in [2.05, 4.69) is 18.2 Å². The van der Waals surface area contributed by atoms with E-state index >= 15 is 0 Å². The fraction of sp³-hybridized carbons (Fsp3) is 0.333. The van der Waals surface area contributed by atoms with E-state index in [4.69, 9.17) is 5.11 Å². The zero-order valence-corrected chi connectivity index (χ0v) is 14.1. The van der Waals surface area contributed by atoms with Crippen molar-refractivity contribution in [1.29, 1.82) is 0 Å². The second kappa shape index (κ2) is 6.36. The van der Waals surface area contributed by atoms with E-state index in [1.807, 2.05) is 24.3 Å². The quantitative estimate of drug-likeness (QED) is 0.932. The summed E-state index contributed by atoms with van der Waals surface area (Å²) in [5, 5.41) is 9.15. The van der Waals surface area contributed by atoms with Gasteiger partial charge in [0.05, 0.1) is 12.8 Å². The monoisotopic (exact) mass is 335 g/mol. The molecule has 1 unspecified atom stereocenters. The van der Waals surface area contributed by atoms with Crippen LogP contribution in [0.4, 0.5) is 5.69 Å². The van der Waals surface area contributed by atoms with Gasteiger partial charge >= 0.3 is 5.97 Å². The number of carbonyl (C=O) groups is 2. The molecule has 25 heavy (non-hydrogen) atoms. The number of hydrogen-bond donors (Lipinski definition) is 1. The number of fused-ring (bicyclic) bond motifs is 2. The van der Waals surface area contributed by atoms with Gasteiger partial charge in [0.1, 0.15) is 0 Å². The third kappa shape index (κ3) is 3.04. The second-order valence-electron chi connectivity index (χ2n) is 6.99. The zero-order valence-electron chi connectivity index (χ0n) is 14.1. The van der Waals surface area contributed by atoms with E-state index in [1.54, 1.807) is 4.90 Å². The number of benzene rings is 2. The Hall–Kier alpha value is -2.62. The Kier molecular flexibility index (Phi) is 4.04. The average Bonchev–Trinajstić information content (AvgIpc) is 3.19. The molecule has 0 spiro atoms. The van der Waals surface area contributed by atoms with Crippen molar-refractivity contribution < 1.29 is 14.7 Å². The lowest BCUT2D eigenvalue weighted by atomic mass is 9.98. The van der Waals surface area contributed by atoms with Crippen molar-refractivity contribution in [2.45, 2.75) is 38.0 Å². The Morgan fingerprint density at radius 1 is 1.08 bits per heavy atom. The summed E-state index contributed by atoms with van der Waals surface area (Å²) < 4.78 is 0. The van der Waals surface area contributed by atoms with E-state index < -0.39 is 5.97 Å². The molecule has 4 heteroatoms. The number of carbonyl (C=O) groups excluding carboxylic acids is 1. The minimum atomic E-state index is -0.826. The van der Waals surface area contributed by atoms with Crippen molar-refractivity contribution in [3.8, 4) is 0 Å². The standard InChI is InChI=1S/C21H21NO3/c23-20(11-14-8-9-15-4-3-5-16(15)10-14)22-13-17(12-21(24)25)18-6-1-2-7-19(18)22/h1-2,6-10,17H,3-5,11-13H2,(H,24,25). The van der Waals surface area contributed by atoms with Crippen LogP contribution in [0.3, 0.4) is 0 Å². The molecular formula is C21H21NO3. The summed E-state index contributed by atoms with van der Waals surface area (Å²) in [6.07, 6.45) is 3.86. The van der Waals surface area contributed by atoms with Crippen LogP contribution in [0.1, 0.15) is 41.0 Å². The SMILES string of the molecule is O=C(O)CC1CN(C(=O)Cc2ccc3c(c2)CCC3)c2ccccc21. The van der Waals surface area contributed by atoms with Crippen molar-refractivity contribution in [3.05, 3.63) is 64.7 Å². The topological polar surface area (TPSA) is 57.6 Å². The van der Waals surface area contributed by atoms with Gasteiger partial charge in [-0.05, 0) is 47.6 Å². The summed E-state index contributed by atoms with van der Waals surface area (Å²) in [5.41, 5.74) is 5.65. The number of hydrogen-bond acceptors (Lipinski definition) is 2. The highest BCUT2D eigenvalue weighted by molar-refractivity contribution is 5.97. The normalized spacial score (nSPS) is 18.1. The first kappa shape index (κ1) is 15.9. The molecule has 4 rings (SSSR count). The molecular weight excluding hydrogens is 314 g/mol. The van der Waals surface area contributed by atoms with Crippen LogP contribution >= 0.6 is 0 Å². The van der Waals surface area contributed by atoms with Crippen molar-refractivity contribution >= 4 is 17.6 Å². The van der Waals surface area contributed by atoms with Gasteiger partial charge in [-0.15, -0.1) is 0 Å². The first-order valence-electron chi connectivity index (χ1n) is 8.83. The second-order valence-corrected chi connectivity index (χ2v) is 6.99. The van der Waals surface area contributed by atoms with Crippen LogP contribution in [-0.4, -0.2) is 23.5 Å². The van der Waals surface area contributed by atoms with Gasteiger partial charge < -0.3 is 10.0 Å². The molecule has 0 saturated heterocycles. The number of aliphatic carboxylic acids is 1. The van der Waals surface area contributed by atoms with Crippen LogP contribution in [0.2, 0.25) is 0 Å². The van der Waals surface area contributed by atoms with E-state index in [9.17, 15) is 9.59 Å². The maximum absolute atomic E-state index is 12.9. The van der Waals surface area contributed by atoms with Gasteiger partial charge in [0.25, 0.3) is 0 Å². The van der Waals surface area contributed by atoms with Crippen LogP contribution in [-0.2, 0) is 28.9 Å². The van der Waals surface area contributed by atoms with Crippen LogP contribution < -0.4 is 4.90 Å². The molecule has 0 fully saturated rings. The van der Waals surface area contributed by atoms with E-state index in [0.29, 0.717) is 13.0 Å². The Morgan fingerprint density at radius 2 is 1.88 bits per heavy atom. The Morgan fingerprint density at radius 3 is 2.72 bits per heavy atom. The van der Waals surface area contributed by atoms with Crippen LogP contribution in [0.5, 0.6) is 0 Å². The van der Waals surface area contributed by atoms with Gasteiger partial charge in [0, 0.05) is 18.2 Å². The zero-order chi connectivity index (χ0) is 17.4. The Bertz CT molecular complexity index is 843. The van der Waals surface area contributed by atoms with Crippen LogP contribution in [0, 0.1) is 0 Å². The minimum Gasteiger partial charge on any atom is -0.481 e. The molecule has 2 aromatic carbocycles. The molecule has 128 valence electrons. The molecule has 1 amide bonds. The van der Waals surface area contributed by atoms with Gasteiger partial charge in [-0.1, -0.05) is 36.4 Å². The number of rotatable bonds is 4. The highest BCUT2D eigenvalue weighted by Gasteiger charge is 2.33. The summed E-state index contributed by atoms with van der Waals surface area (Å²) in [7, 11) is 0. The molecule has 4 nitrogen and oxygen atoms in total. The molecule has 0 bridgehead atoms. The summed E-state index contributed by atoms with van der Waals surface area (Å²) >= 11 is 0. The highest BCUT2D eigenvalue weighted by Crippen LogP contribution is 2.38. The summed E-state index contributed by atoms with van der Waals surface area (Å²) in [6.45, 7) is 0.454. The summed E-state index contributed by atoms with van der Waals surface area (Å²) in [5.74, 6) is -0.913. The third-order valence-corrected chi connectivity index (χ3v) is 5.31. The predicted octanol–water partition coefficient (Wildman–Crippen LogP) is 3.32. The number of aryl methyl sites for hydroxylation is 2. The van der Waals surface area contributed by atoms with Crippen LogP contribution in [0.15, 0.2) is 42.5 Å². The van der Waals surface area contributed by atoms with Gasteiger partial charge in [-0.2, -0.15) is 0 Å². The van der Waals surface area contributed by atoms with Gasteiger partial charge in [-0.3, -0.25) is 9.59 Å². The van der Waals surface area contributed by atoms with Gasteiger partial charge in [0.2, 0.25) is 5.91 Å². The van der Waals surface area contributed by atoms with E-state index in [-0.39, 0.29) is 18.2 Å². The van der Waals surface area contributed by atoms with Crippen LogP contribution in [0.25, 0.3) is 0 Å². The summed E-state index contributed by atoms with van der Waals surface area (Å²) in [4.78, 5) is 25.8. The molecule has 1 aliphatic carbocycles. The number of para-hydroxylation sites is 1. The van der Waals surface area contributed by atoms with E-state index in [0.717, 1.165) is 29.7 Å². The lowest BCUT2D eigenvalue weighted by molar-refractivity contribution is -0.137. The van der Waals surface area contributed by atoms with Gasteiger partial charge in [-0.25, -0.2) is 0 Å². The maximum Gasteiger partial charge on any atom is 0.304 e. The number of carboxylic acid groups (broad SMARTS) is 1. The highest BCUT2D eigenvalue weighted by atomic mass is 16.4. The molecule has 0 saturated carbocycles. The summed E-state index contributed by atoms with van der Waals surface area (Å²) in [6, 6.07) is 14.0. The fourth-order valence-electron chi connectivity index (χ4n) is 4.12. The van der Waals surface area contributed by atoms with E-state index in [1.165, 1.54) is 17.5 Å². The van der Waals surface area contributed by atoms with Crippen molar-refractivity contribution in [3.63, 3.8) is 0 Å². The number of anilines is 1. The average molecular weight is 335 g/mol. The fourth-order valence-corrected chi connectivity index (χ4v) is 4.12. The lowest BCUT2D eigenvalue weighted by Gasteiger charge is -2.18. The first-order chi connectivity index (χ1) is 12.1. The molecule has 2 aliphatic rings. The Balaban J connectivity index is 1.55. The largest absolute Gasteiger partial charge is 0.481 e. The first-order valence-corrected chi connectivity index (χ1v) is 8.83. The predicted molar refractivity (Wildman–Crippen MR) is 96.0 cm³/mol. The molecule has 2 aromatic rings. The molecule has 1 N–H and O–H groups in total. The lowest BCUT2D eigenvalue weighted by Crippen LogP contribution is -2.31. The Labute approximate surface area is 147 Å². The maximum atomic E-state index is 12.9.